The fourth-order valence-corrected chi connectivity index (χ4v) is 4.53. The summed E-state index contributed by atoms with van der Waals surface area (Å²) in [5.74, 6) is 1.36. The molecule has 0 spiro atoms. The number of aryl methyl sites for hydroxylation is 2. The number of ether oxygens (including phenoxy) is 1. The number of hydrogen-bond donors (Lipinski definition) is 1. The highest BCUT2D eigenvalue weighted by molar-refractivity contribution is 5.45. The number of fused-ring (bicyclic) bond motifs is 1. The molecule has 144 valence electrons. The standard InChI is InChI=1S/C23H30N2O2/c1-2-27-22-15-19-7-5-6-18(19)14-20(22)16-25-12-9-17(10-13-25)23(26)21-8-3-4-11-24-21/h3-4,8,11,14-15,17,23,26H,2,5-7,9-10,12-13,16H2,1H3/t23-/m1/s1. The van der Waals surface area contributed by atoms with E-state index in [1.807, 2.05) is 18.2 Å². The molecule has 1 aromatic carbocycles. The number of hydrogen-bond acceptors (Lipinski definition) is 4. The molecule has 0 amide bonds. The van der Waals surface area contributed by atoms with E-state index in [1.165, 1.54) is 36.0 Å². The molecule has 1 aromatic heterocycles. The third-order valence-electron chi connectivity index (χ3n) is 6.04. The molecule has 4 nitrogen and oxygen atoms in total. The summed E-state index contributed by atoms with van der Waals surface area (Å²) in [7, 11) is 0. The summed E-state index contributed by atoms with van der Waals surface area (Å²) in [6.45, 7) is 5.73. The highest BCUT2D eigenvalue weighted by Gasteiger charge is 2.27. The Kier molecular flexibility index (Phi) is 5.74. The van der Waals surface area contributed by atoms with Gasteiger partial charge < -0.3 is 9.84 Å². The van der Waals surface area contributed by atoms with E-state index in [9.17, 15) is 5.11 Å². The molecule has 0 radical (unpaired) electrons. The van der Waals surface area contributed by atoms with Crippen molar-refractivity contribution in [3.05, 3.63) is 58.9 Å². The molecule has 1 saturated heterocycles. The molecule has 1 aliphatic carbocycles. The maximum atomic E-state index is 10.6. The Balaban J connectivity index is 1.39. The molecule has 1 aliphatic heterocycles. The van der Waals surface area contributed by atoms with Crippen molar-refractivity contribution in [3.63, 3.8) is 0 Å². The Morgan fingerprint density at radius 2 is 1.96 bits per heavy atom. The first-order valence-electron chi connectivity index (χ1n) is 10.3. The van der Waals surface area contributed by atoms with Crippen molar-refractivity contribution in [1.82, 2.24) is 9.88 Å². The molecule has 2 aromatic rings. The highest BCUT2D eigenvalue weighted by atomic mass is 16.5. The lowest BCUT2D eigenvalue weighted by atomic mass is 9.89. The molecule has 2 heterocycles. The van der Waals surface area contributed by atoms with Crippen molar-refractivity contribution in [2.24, 2.45) is 5.92 Å². The second-order valence-corrected chi connectivity index (χ2v) is 7.83. The van der Waals surface area contributed by atoms with E-state index in [1.54, 1.807) is 6.20 Å². The Morgan fingerprint density at radius 3 is 2.67 bits per heavy atom. The lowest BCUT2D eigenvalue weighted by molar-refractivity contribution is 0.0537. The molecule has 1 fully saturated rings. The lowest BCUT2D eigenvalue weighted by Crippen LogP contribution is -2.35. The van der Waals surface area contributed by atoms with Gasteiger partial charge in [-0.1, -0.05) is 12.1 Å². The van der Waals surface area contributed by atoms with Crippen LogP contribution < -0.4 is 4.74 Å². The summed E-state index contributed by atoms with van der Waals surface area (Å²) < 4.78 is 5.95. The fourth-order valence-electron chi connectivity index (χ4n) is 4.53. The van der Waals surface area contributed by atoms with Gasteiger partial charge in [-0.3, -0.25) is 9.88 Å². The predicted octanol–water partition coefficient (Wildman–Crippen LogP) is 3.91. The van der Waals surface area contributed by atoms with Crippen molar-refractivity contribution in [2.45, 2.75) is 51.7 Å². The summed E-state index contributed by atoms with van der Waals surface area (Å²) in [6, 6.07) is 10.4. The van der Waals surface area contributed by atoms with Crippen LogP contribution in [0.4, 0.5) is 0 Å². The minimum absolute atomic E-state index is 0.294. The molecular weight excluding hydrogens is 336 g/mol. The van der Waals surface area contributed by atoms with Crippen LogP contribution >= 0.6 is 0 Å². The third kappa shape index (κ3) is 4.17. The highest BCUT2D eigenvalue weighted by Crippen LogP contribution is 2.33. The Hall–Kier alpha value is -1.91. The maximum absolute atomic E-state index is 10.6. The van der Waals surface area contributed by atoms with Crippen molar-refractivity contribution in [3.8, 4) is 5.75 Å². The molecule has 1 N–H and O–H groups in total. The molecule has 27 heavy (non-hydrogen) atoms. The van der Waals surface area contributed by atoms with E-state index in [4.69, 9.17) is 4.74 Å². The van der Waals surface area contributed by atoms with Gasteiger partial charge in [0.2, 0.25) is 0 Å². The van der Waals surface area contributed by atoms with Gasteiger partial charge in [-0.2, -0.15) is 0 Å². The lowest BCUT2D eigenvalue weighted by Gasteiger charge is -2.34. The smallest absolute Gasteiger partial charge is 0.124 e. The second kappa shape index (κ2) is 8.41. The van der Waals surface area contributed by atoms with Crippen LogP contribution in [0.2, 0.25) is 0 Å². The van der Waals surface area contributed by atoms with Gasteiger partial charge in [0.05, 0.1) is 18.4 Å². The summed E-state index contributed by atoms with van der Waals surface area (Å²) in [5.41, 5.74) is 5.10. The number of piperidine rings is 1. The zero-order valence-electron chi connectivity index (χ0n) is 16.2. The number of pyridine rings is 1. The van der Waals surface area contributed by atoms with Crippen molar-refractivity contribution in [2.75, 3.05) is 19.7 Å². The Labute approximate surface area is 162 Å². The molecule has 0 unspecified atom stereocenters. The van der Waals surface area contributed by atoms with Crippen LogP contribution in [0.3, 0.4) is 0 Å². The summed E-state index contributed by atoms with van der Waals surface area (Å²) >= 11 is 0. The molecule has 0 bridgehead atoms. The van der Waals surface area contributed by atoms with Crippen LogP contribution in [-0.4, -0.2) is 34.7 Å². The minimum Gasteiger partial charge on any atom is -0.494 e. The van der Waals surface area contributed by atoms with Crippen molar-refractivity contribution in [1.29, 1.82) is 0 Å². The van der Waals surface area contributed by atoms with Crippen LogP contribution in [0.5, 0.6) is 5.75 Å². The normalized spacial score (nSPS) is 19.0. The number of aliphatic hydroxyl groups is 1. The number of likely N-dealkylation sites (tertiary alicyclic amines) is 1. The van der Waals surface area contributed by atoms with E-state index in [0.29, 0.717) is 12.5 Å². The van der Waals surface area contributed by atoms with Gasteiger partial charge in [0.1, 0.15) is 5.75 Å². The number of nitrogens with zero attached hydrogens (tertiary/aromatic N) is 2. The van der Waals surface area contributed by atoms with E-state index in [2.05, 4.69) is 28.9 Å². The van der Waals surface area contributed by atoms with Crippen LogP contribution in [0, 0.1) is 5.92 Å². The number of rotatable bonds is 6. The summed E-state index contributed by atoms with van der Waals surface area (Å²) in [4.78, 5) is 6.83. The molecule has 4 heteroatoms. The first-order chi connectivity index (χ1) is 13.2. The van der Waals surface area contributed by atoms with Gasteiger partial charge in [0, 0.05) is 18.3 Å². The van der Waals surface area contributed by atoms with Crippen molar-refractivity contribution < 1.29 is 9.84 Å². The molecule has 0 saturated carbocycles. The minimum atomic E-state index is -0.452. The zero-order chi connectivity index (χ0) is 18.6. The largest absolute Gasteiger partial charge is 0.494 e. The molecule has 1 atom stereocenters. The summed E-state index contributed by atoms with van der Waals surface area (Å²) in [5, 5.41) is 10.6. The van der Waals surface area contributed by atoms with Crippen LogP contribution in [0.25, 0.3) is 0 Å². The molecular formula is C23H30N2O2. The van der Waals surface area contributed by atoms with E-state index in [0.717, 1.165) is 43.9 Å². The zero-order valence-corrected chi connectivity index (χ0v) is 16.2. The monoisotopic (exact) mass is 366 g/mol. The predicted molar refractivity (Wildman–Crippen MR) is 107 cm³/mol. The first kappa shape index (κ1) is 18.5. The average Bonchev–Trinajstić information content (AvgIpc) is 3.16. The quantitative estimate of drug-likeness (QED) is 0.842. The van der Waals surface area contributed by atoms with Gasteiger partial charge in [-0.25, -0.2) is 0 Å². The van der Waals surface area contributed by atoms with E-state index >= 15 is 0 Å². The van der Waals surface area contributed by atoms with E-state index in [-0.39, 0.29) is 0 Å². The third-order valence-corrected chi connectivity index (χ3v) is 6.04. The summed E-state index contributed by atoms with van der Waals surface area (Å²) in [6.07, 6.45) is 6.98. The fraction of sp³-hybridized carbons (Fsp3) is 0.522. The number of benzene rings is 1. The Bertz CT molecular complexity index is 754. The number of aliphatic hydroxyl groups excluding tert-OH is 1. The second-order valence-electron chi connectivity index (χ2n) is 7.83. The van der Waals surface area contributed by atoms with E-state index < -0.39 is 6.10 Å². The Morgan fingerprint density at radius 1 is 1.19 bits per heavy atom. The average molecular weight is 367 g/mol. The SMILES string of the molecule is CCOc1cc2c(cc1CN1CCC([C@@H](O)c3ccccn3)CC1)CCC2. The van der Waals surface area contributed by atoms with Gasteiger partial charge in [-0.05, 0) is 87.4 Å². The number of aromatic nitrogens is 1. The van der Waals surface area contributed by atoms with Crippen LogP contribution in [-0.2, 0) is 19.4 Å². The topological polar surface area (TPSA) is 45.6 Å². The molecule has 2 aliphatic rings. The van der Waals surface area contributed by atoms with Gasteiger partial charge >= 0.3 is 0 Å². The molecule has 4 rings (SSSR count). The van der Waals surface area contributed by atoms with Crippen molar-refractivity contribution >= 4 is 0 Å². The van der Waals surface area contributed by atoms with Crippen LogP contribution in [0.15, 0.2) is 36.5 Å². The van der Waals surface area contributed by atoms with Crippen LogP contribution in [0.1, 0.15) is 54.7 Å². The first-order valence-corrected chi connectivity index (χ1v) is 10.3. The van der Waals surface area contributed by atoms with Gasteiger partial charge in [0.15, 0.2) is 0 Å². The maximum Gasteiger partial charge on any atom is 0.124 e. The van der Waals surface area contributed by atoms with Gasteiger partial charge in [-0.15, -0.1) is 0 Å². The van der Waals surface area contributed by atoms with Gasteiger partial charge in [0.25, 0.3) is 0 Å².